The van der Waals surface area contributed by atoms with Gasteiger partial charge in [0.1, 0.15) is 5.82 Å². The lowest BCUT2D eigenvalue weighted by Gasteiger charge is -2.22. The van der Waals surface area contributed by atoms with Crippen LogP contribution in [0.25, 0.3) is 11.3 Å². The zero-order chi connectivity index (χ0) is 21.8. The first kappa shape index (κ1) is 23.1. The van der Waals surface area contributed by atoms with Gasteiger partial charge in [-0.3, -0.25) is 4.79 Å². The highest BCUT2D eigenvalue weighted by Gasteiger charge is 2.35. The molecule has 2 aromatic rings. The Kier molecular flexibility index (Phi) is 7.85. The van der Waals surface area contributed by atoms with Crippen LogP contribution in [0.4, 0.5) is 10.6 Å². The van der Waals surface area contributed by atoms with E-state index in [4.69, 9.17) is 37.9 Å². The van der Waals surface area contributed by atoms with Crippen molar-refractivity contribution < 1.29 is 9.53 Å². The van der Waals surface area contributed by atoms with Crippen molar-refractivity contribution in [2.24, 2.45) is 0 Å². The van der Waals surface area contributed by atoms with Crippen LogP contribution in [-0.2, 0) is 17.6 Å². The molecule has 30 heavy (non-hydrogen) atoms. The summed E-state index contributed by atoms with van der Waals surface area (Å²) in [4.78, 5) is 23.2. The molecule has 1 aliphatic rings. The van der Waals surface area contributed by atoms with E-state index in [-0.39, 0.29) is 17.4 Å². The van der Waals surface area contributed by atoms with Crippen molar-refractivity contribution in [1.82, 2.24) is 14.9 Å². The maximum absolute atomic E-state index is 11.7. The highest BCUT2D eigenvalue weighted by atomic mass is 35.5. The normalized spacial score (nSPS) is 18.7. The second-order valence-corrected chi connectivity index (χ2v) is 8.30. The molecule has 1 aliphatic heterocycles. The van der Waals surface area contributed by atoms with Gasteiger partial charge < -0.3 is 15.0 Å². The highest BCUT2D eigenvalue weighted by molar-refractivity contribution is 7.96. The van der Waals surface area contributed by atoms with Crippen LogP contribution in [0, 0.1) is 0 Å². The van der Waals surface area contributed by atoms with E-state index in [2.05, 4.69) is 17.9 Å². The van der Waals surface area contributed by atoms with Crippen LogP contribution in [0.5, 0.6) is 0 Å². The van der Waals surface area contributed by atoms with Gasteiger partial charge in [-0.15, -0.1) is 0 Å². The number of ether oxygens (including phenoxy) is 1. The van der Waals surface area contributed by atoms with Crippen molar-refractivity contribution >= 4 is 46.9 Å². The molecule has 0 bridgehead atoms. The van der Waals surface area contributed by atoms with Crippen LogP contribution in [0.2, 0.25) is 10.0 Å². The summed E-state index contributed by atoms with van der Waals surface area (Å²) in [5.41, 5.74) is 3.25. The average Bonchev–Trinajstić information content (AvgIpc) is 3.11. The standard InChI is InChI=1S/C21H26Cl2N4O2S/c1-4-15-19(13-8-7-12(22)9-14(13)23)24-16(5-2)20(25-15)26-17-10-27(21(28)30)11-18(17)29-6-3/h7-9,17-18H,4-6,10-11H2,1-3H3,(H,25,26)(H,28,30)/t17-,18+/m1/s1. The van der Waals surface area contributed by atoms with Crippen molar-refractivity contribution in [3.8, 4) is 11.3 Å². The lowest BCUT2D eigenvalue weighted by atomic mass is 10.1. The first-order valence-electron chi connectivity index (χ1n) is 10.1. The van der Waals surface area contributed by atoms with Crippen LogP contribution in [0.15, 0.2) is 18.2 Å². The summed E-state index contributed by atoms with van der Waals surface area (Å²) in [6, 6.07) is 5.30. The van der Waals surface area contributed by atoms with Crippen molar-refractivity contribution in [1.29, 1.82) is 0 Å². The molecule has 1 aromatic carbocycles. The Hall–Kier alpha value is -1.54. The Labute approximate surface area is 192 Å². The molecule has 162 valence electrons. The molecule has 1 saturated heterocycles. The molecule has 0 radical (unpaired) electrons. The number of halogens is 2. The van der Waals surface area contributed by atoms with E-state index < -0.39 is 0 Å². The third kappa shape index (κ3) is 5.02. The monoisotopic (exact) mass is 468 g/mol. The molecule has 1 amide bonds. The molecule has 2 heterocycles. The van der Waals surface area contributed by atoms with Gasteiger partial charge in [0.05, 0.1) is 34.3 Å². The molecule has 9 heteroatoms. The second kappa shape index (κ2) is 10.2. The van der Waals surface area contributed by atoms with Gasteiger partial charge in [-0.05, 0) is 38.0 Å². The van der Waals surface area contributed by atoms with Crippen molar-refractivity contribution in [3.05, 3.63) is 39.6 Å². The smallest absolute Gasteiger partial charge is 0.278 e. The largest absolute Gasteiger partial charge is 0.374 e. The van der Waals surface area contributed by atoms with Crippen LogP contribution in [0.3, 0.4) is 0 Å². The summed E-state index contributed by atoms with van der Waals surface area (Å²) in [6.45, 7) is 7.59. The van der Waals surface area contributed by atoms with Crippen LogP contribution >= 0.6 is 35.8 Å². The fourth-order valence-corrected chi connectivity index (χ4v) is 4.30. The summed E-state index contributed by atoms with van der Waals surface area (Å²) < 4.78 is 5.85. The topological polar surface area (TPSA) is 67.3 Å². The molecule has 3 rings (SSSR count). The number of thiol groups is 1. The number of hydrogen-bond acceptors (Lipinski definition) is 5. The van der Waals surface area contributed by atoms with Gasteiger partial charge in [0.2, 0.25) is 0 Å². The minimum Gasteiger partial charge on any atom is -0.374 e. The molecule has 1 aromatic heterocycles. The van der Waals surface area contributed by atoms with Gasteiger partial charge in [0.15, 0.2) is 0 Å². The van der Waals surface area contributed by atoms with Crippen LogP contribution < -0.4 is 5.32 Å². The maximum atomic E-state index is 11.7. The number of nitrogens with zero attached hydrogens (tertiary/aromatic N) is 3. The van der Waals surface area contributed by atoms with E-state index >= 15 is 0 Å². The first-order chi connectivity index (χ1) is 14.4. The zero-order valence-corrected chi connectivity index (χ0v) is 19.7. The quantitative estimate of drug-likeness (QED) is 0.551. The predicted octanol–water partition coefficient (Wildman–Crippen LogP) is 5.13. The third-order valence-electron chi connectivity index (χ3n) is 5.14. The summed E-state index contributed by atoms with van der Waals surface area (Å²) in [7, 11) is 0. The molecule has 2 atom stereocenters. The van der Waals surface area contributed by atoms with E-state index in [1.54, 1.807) is 17.0 Å². The SMILES string of the molecule is CCO[C@H]1CN(C(=O)S)C[C@H]1Nc1nc(CC)c(-c2ccc(Cl)cc2Cl)nc1CC. The van der Waals surface area contributed by atoms with E-state index in [1.807, 2.05) is 26.8 Å². The maximum Gasteiger partial charge on any atom is 0.278 e. The number of nitrogens with one attached hydrogen (secondary N) is 1. The Morgan fingerprint density at radius 3 is 2.53 bits per heavy atom. The number of benzene rings is 1. The zero-order valence-electron chi connectivity index (χ0n) is 17.3. The number of likely N-dealkylation sites (tertiary alicyclic amines) is 1. The number of rotatable bonds is 7. The molecular formula is C21H26Cl2N4O2S. The fraction of sp³-hybridized carbons (Fsp3) is 0.476. The van der Waals surface area contributed by atoms with E-state index in [0.29, 0.717) is 48.4 Å². The number of carbonyl (C=O) groups excluding carboxylic acids is 1. The van der Waals surface area contributed by atoms with E-state index in [9.17, 15) is 4.79 Å². The highest BCUT2D eigenvalue weighted by Crippen LogP contribution is 2.33. The molecule has 0 spiro atoms. The summed E-state index contributed by atoms with van der Waals surface area (Å²) in [6.07, 6.45) is 1.26. The van der Waals surface area contributed by atoms with Crippen molar-refractivity contribution in [2.75, 3.05) is 25.0 Å². The predicted molar refractivity (Wildman–Crippen MR) is 125 cm³/mol. The van der Waals surface area contributed by atoms with Gasteiger partial charge >= 0.3 is 0 Å². The third-order valence-corrected chi connectivity index (χ3v) is 5.97. The minimum atomic E-state index is -0.257. The van der Waals surface area contributed by atoms with Gasteiger partial charge in [0.25, 0.3) is 5.24 Å². The van der Waals surface area contributed by atoms with Crippen LogP contribution in [0.1, 0.15) is 32.2 Å². The average molecular weight is 469 g/mol. The lowest BCUT2D eigenvalue weighted by molar-refractivity contribution is 0.0662. The molecule has 0 unspecified atom stereocenters. The molecule has 6 nitrogen and oxygen atoms in total. The Morgan fingerprint density at radius 1 is 1.20 bits per heavy atom. The van der Waals surface area contributed by atoms with Crippen molar-refractivity contribution in [2.45, 2.75) is 45.8 Å². The molecular weight excluding hydrogens is 443 g/mol. The van der Waals surface area contributed by atoms with E-state index in [0.717, 1.165) is 22.6 Å². The van der Waals surface area contributed by atoms with Gasteiger partial charge in [-0.1, -0.05) is 49.7 Å². The van der Waals surface area contributed by atoms with Crippen molar-refractivity contribution in [3.63, 3.8) is 0 Å². The summed E-state index contributed by atoms with van der Waals surface area (Å²) in [5.74, 6) is 0.714. The van der Waals surface area contributed by atoms with Gasteiger partial charge in [-0.2, -0.15) is 0 Å². The van der Waals surface area contributed by atoms with Crippen LogP contribution in [-0.4, -0.2) is 51.9 Å². The Morgan fingerprint density at radius 2 is 1.93 bits per heavy atom. The minimum absolute atomic E-state index is 0.0877. The van der Waals surface area contributed by atoms with Gasteiger partial charge in [0, 0.05) is 30.3 Å². The number of amides is 1. The number of aryl methyl sites for hydroxylation is 2. The number of carbonyl (C=O) groups is 1. The summed E-state index contributed by atoms with van der Waals surface area (Å²) in [5, 5.41) is 4.34. The lowest BCUT2D eigenvalue weighted by Crippen LogP contribution is -2.35. The second-order valence-electron chi connectivity index (χ2n) is 7.08. The van der Waals surface area contributed by atoms with E-state index in [1.165, 1.54) is 0 Å². The number of anilines is 1. The molecule has 0 aliphatic carbocycles. The Balaban J connectivity index is 1.96. The van der Waals surface area contributed by atoms with Gasteiger partial charge in [-0.25, -0.2) is 9.97 Å². The summed E-state index contributed by atoms with van der Waals surface area (Å²) >= 11 is 16.5. The fourth-order valence-electron chi connectivity index (χ4n) is 3.64. The molecule has 0 saturated carbocycles. The molecule has 1 N–H and O–H groups in total. The first-order valence-corrected chi connectivity index (χ1v) is 11.3. The number of hydrogen-bond donors (Lipinski definition) is 2. The number of aromatic nitrogens is 2. The Bertz CT molecular complexity index is 928. The molecule has 1 fully saturated rings.